The highest BCUT2D eigenvalue weighted by molar-refractivity contribution is 6.34. The quantitative estimate of drug-likeness (QED) is 0.577. The average Bonchev–Trinajstić information content (AvgIpc) is 3.24. The standard InChI is InChI=1S/C23H23Cl2N5O3/c1-14(16-8-17(24)11-18(25)9-16)33-22(32)29-6-4-23(5-7-29)12-30(13-23)21(31)15-2-3-19-20(10-15)27-28-26-19/h2-3,8-11,14H,4-7,12-13H2,1H3,(H,26,27,28). The number of H-pyrrole nitrogens is 1. The van der Waals surface area contributed by atoms with Crippen LogP contribution in [0.2, 0.25) is 10.0 Å². The summed E-state index contributed by atoms with van der Waals surface area (Å²) in [5.41, 5.74) is 2.85. The van der Waals surface area contributed by atoms with Crippen molar-refractivity contribution in [2.24, 2.45) is 5.41 Å². The summed E-state index contributed by atoms with van der Waals surface area (Å²) in [6, 6.07) is 10.5. The molecule has 0 radical (unpaired) electrons. The first-order valence-electron chi connectivity index (χ1n) is 10.8. The number of rotatable bonds is 3. The minimum atomic E-state index is -0.455. The van der Waals surface area contributed by atoms with E-state index in [1.165, 1.54) is 0 Å². The topological polar surface area (TPSA) is 91.4 Å². The van der Waals surface area contributed by atoms with Crippen LogP contribution in [0.25, 0.3) is 11.0 Å². The Morgan fingerprint density at radius 2 is 1.67 bits per heavy atom. The number of likely N-dealkylation sites (tertiary alicyclic amines) is 2. The van der Waals surface area contributed by atoms with Crippen molar-refractivity contribution in [2.45, 2.75) is 25.9 Å². The molecule has 8 nitrogen and oxygen atoms in total. The van der Waals surface area contributed by atoms with Gasteiger partial charge in [0.25, 0.3) is 5.91 Å². The monoisotopic (exact) mass is 487 g/mol. The van der Waals surface area contributed by atoms with Crippen LogP contribution in [-0.4, -0.2) is 63.4 Å². The second-order valence-corrected chi connectivity index (χ2v) is 9.78. The molecule has 3 aromatic rings. The molecule has 33 heavy (non-hydrogen) atoms. The van der Waals surface area contributed by atoms with Gasteiger partial charge in [0, 0.05) is 47.2 Å². The molecule has 3 heterocycles. The number of amides is 2. The Hall–Kier alpha value is -2.84. The number of nitrogens with zero attached hydrogens (tertiary/aromatic N) is 4. The van der Waals surface area contributed by atoms with Crippen LogP contribution in [0.4, 0.5) is 4.79 Å². The van der Waals surface area contributed by atoms with E-state index in [-0.39, 0.29) is 17.4 Å². The lowest BCUT2D eigenvalue weighted by molar-refractivity contribution is -0.0340. The molecule has 0 aliphatic carbocycles. The van der Waals surface area contributed by atoms with Gasteiger partial charge < -0.3 is 14.5 Å². The second-order valence-electron chi connectivity index (χ2n) is 8.90. The molecule has 1 aromatic heterocycles. The van der Waals surface area contributed by atoms with Gasteiger partial charge >= 0.3 is 6.09 Å². The Labute approximate surface area is 200 Å². The zero-order valence-electron chi connectivity index (χ0n) is 18.1. The number of benzene rings is 2. The van der Waals surface area contributed by atoms with E-state index in [0.29, 0.717) is 47.3 Å². The summed E-state index contributed by atoms with van der Waals surface area (Å²) < 4.78 is 5.64. The molecule has 10 heteroatoms. The molecule has 2 aliphatic heterocycles. The van der Waals surface area contributed by atoms with Gasteiger partial charge in [0.2, 0.25) is 0 Å². The fraction of sp³-hybridized carbons (Fsp3) is 0.391. The Kier molecular flexibility index (Phi) is 5.66. The van der Waals surface area contributed by atoms with Crippen LogP contribution in [0.3, 0.4) is 0 Å². The largest absolute Gasteiger partial charge is 0.442 e. The van der Waals surface area contributed by atoms with Crippen LogP contribution in [0.1, 0.15) is 41.8 Å². The highest BCUT2D eigenvalue weighted by Gasteiger charge is 2.47. The maximum atomic E-state index is 12.9. The highest BCUT2D eigenvalue weighted by atomic mass is 35.5. The van der Waals surface area contributed by atoms with E-state index < -0.39 is 6.10 Å². The zero-order valence-corrected chi connectivity index (χ0v) is 19.6. The van der Waals surface area contributed by atoms with Crippen molar-refractivity contribution < 1.29 is 14.3 Å². The minimum Gasteiger partial charge on any atom is -0.442 e. The van der Waals surface area contributed by atoms with E-state index in [1.807, 2.05) is 4.90 Å². The Balaban J connectivity index is 1.13. The van der Waals surface area contributed by atoms with Gasteiger partial charge in [0.05, 0.1) is 0 Å². The summed E-state index contributed by atoms with van der Waals surface area (Å²) in [6.45, 7) is 4.41. The number of halogens is 2. The SMILES string of the molecule is CC(OC(=O)N1CCC2(CC1)CN(C(=O)c1ccc3n[nH]nc3c1)C2)c1cc(Cl)cc(Cl)c1. The Bertz CT molecular complexity index is 1190. The van der Waals surface area contributed by atoms with E-state index in [4.69, 9.17) is 27.9 Å². The molecule has 1 spiro atoms. The first kappa shape index (κ1) is 22.0. The Morgan fingerprint density at radius 3 is 2.36 bits per heavy atom. The lowest BCUT2D eigenvalue weighted by atomic mass is 9.72. The van der Waals surface area contributed by atoms with E-state index in [9.17, 15) is 9.59 Å². The van der Waals surface area contributed by atoms with Crippen LogP contribution >= 0.6 is 23.2 Å². The normalized spacial score (nSPS) is 18.3. The third-order valence-electron chi connectivity index (χ3n) is 6.62. The van der Waals surface area contributed by atoms with Gasteiger partial charge in [-0.15, -0.1) is 0 Å². The van der Waals surface area contributed by atoms with Gasteiger partial charge in [-0.1, -0.05) is 23.2 Å². The van der Waals surface area contributed by atoms with Crippen LogP contribution in [-0.2, 0) is 4.74 Å². The summed E-state index contributed by atoms with van der Waals surface area (Å²) in [7, 11) is 0. The van der Waals surface area contributed by atoms with Crippen molar-refractivity contribution in [3.63, 3.8) is 0 Å². The van der Waals surface area contributed by atoms with Crippen LogP contribution < -0.4 is 0 Å². The predicted octanol–water partition coefficient (Wildman–Crippen LogP) is 4.70. The summed E-state index contributed by atoms with van der Waals surface area (Å²) in [5, 5.41) is 11.6. The summed E-state index contributed by atoms with van der Waals surface area (Å²) >= 11 is 12.1. The van der Waals surface area contributed by atoms with E-state index in [1.54, 1.807) is 48.2 Å². The number of aromatic amines is 1. The van der Waals surface area contributed by atoms with Crippen molar-refractivity contribution in [3.8, 4) is 0 Å². The van der Waals surface area contributed by atoms with Crippen molar-refractivity contribution >= 4 is 46.2 Å². The smallest absolute Gasteiger partial charge is 0.410 e. The number of carbonyl (C=O) groups is 2. The molecule has 0 bridgehead atoms. The maximum Gasteiger partial charge on any atom is 0.410 e. The Morgan fingerprint density at radius 1 is 1.00 bits per heavy atom. The number of fused-ring (bicyclic) bond motifs is 1. The molecule has 172 valence electrons. The van der Waals surface area contributed by atoms with Crippen molar-refractivity contribution in [3.05, 3.63) is 57.6 Å². The fourth-order valence-corrected chi connectivity index (χ4v) is 5.19. The van der Waals surface area contributed by atoms with Gasteiger partial charge in [0.15, 0.2) is 0 Å². The van der Waals surface area contributed by atoms with Crippen molar-refractivity contribution in [2.75, 3.05) is 26.2 Å². The maximum absolute atomic E-state index is 12.9. The number of aromatic nitrogens is 3. The second kappa shape index (κ2) is 8.50. The number of piperidine rings is 1. The number of hydrogen-bond acceptors (Lipinski definition) is 5. The van der Waals surface area contributed by atoms with Gasteiger partial charge in [-0.3, -0.25) is 4.79 Å². The lowest BCUT2D eigenvalue weighted by Crippen LogP contribution is -2.62. The van der Waals surface area contributed by atoms with E-state index >= 15 is 0 Å². The van der Waals surface area contributed by atoms with E-state index in [2.05, 4.69) is 15.4 Å². The number of hydrogen-bond donors (Lipinski definition) is 1. The third kappa shape index (κ3) is 4.37. The molecule has 2 aliphatic rings. The molecular formula is C23H23Cl2N5O3. The molecule has 2 amide bonds. The van der Waals surface area contributed by atoms with Crippen LogP contribution in [0.15, 0.2) is 36.4 Å². The van der Waals surface area contributed by atoms with Crippen molar-refractivity contribution in [1.29, 1.82) is 0 Å². The molecular weight excluding hydrogens is 465 g/mol. The number of ether oxygens (including phenoxy) is 1. The first-order chi connectivity index (χ1) is 15.8. The van der Waals surface area contributed by atoms with Crippen LogP contribution in [0, 0.1) is 5.41 Å². The number of nitrogens with one attached hydrogen (secondary N) is 1. The lowest BCUT2D eigenvalue weighted by Gasteiger charge is -2.53. The van der Waals surface area contributed by atoms with Crippen molar-refractivity contribution in [1.82, 2.24) is 25.2 Å². The summed E-state index contributed by atoms with van der Waals surface area (Å²) in [5.74, 6) is 0.00127. The first-order valence-corrected chi connectivity index (χ1v) is 11.6. The average molecular weight is 488 g/mol. The number of carbonyl (C=O) groups excluding carboxylic acids is 2. The molecule has 2 fully saturated rings. The van der Waals surface area contributed by atoms with E-state index in [0.717, 1.165) is 23.9 Å². The zero-order chi connectivity index (χ0) is 23.2. The fourth-order valence-electron chi connectivity index (χ4n) is 4.65. The summed E-state index contributed by atoms with van der Waals surface area (Å²) in [4.78, 5) is 29.1. The minimum absolute atomic E-state index is 0.00127. The summed E-state index contributed by atoms with van der Waals surface area (Å²) in [6.07, 6.45) is 0.877. The van der Waals surface area contributed by atoms with Gasteiger partial charge in [-0.2, -0.15) is 15.4 Å². The molecule has 2 aromatic carbocycles. The molecule has 5 rings (SSSR count). The van der Waals surface area contributed by atoms with Gasteiger partial charge in [-0.25, -0.2) is 4.79 Å². The highest BCUT2D eigenvalue weighted by Crippen LogP contribution is 2.41. The van der Waals surface area contributed by atoms with Crippen LogP contribution in [0.5, 0.6) is 0 Å². The molecule has 0 saturated carbocycles. The molecule has 1 unspecified atom stereocenters. The molecule has 1 atom stereocenters. The molecule has 1 N–H and O–H groups in total. The van der Waals surface area contributed by atoms with Gasteiger partial charge in [-0.05, 0) is 61.7 Å². The van der Waals surface area contributed by atoms with Gasteiger partial charge in [0.1, 0.15) is 17.1 Å². The molecule has 2 saturated heterocycles. The third-order valence-corrected chi connectivity index (χ3v) is 7.05. The predicted molar refractivity (Wildman–Crippen MR) is 124 cm³/mol.